The summed E-state index contributed by atoms with van der Waals surface area (Å²) in [5, 5.41) is 11.3. The Morgan fingerprint density at radius 1 is 1.06 bits per heavy atom. The van der Waals surface area contributed by atoms with E-state index in [9.17, 15) is 18.0 Å². The minimum atomic E-state index is -3.74. The van der Waals surface area contributed by atoms with E-state index in [1.165, 1.54) is 24.3 Å². The summed E-state index contributed by atoms with van der Waals surface area (Å²) in [4.78, 5) is 25.3. The maximum absolute atomic E-state index is 12.7. The van der Waals surface area contributed by atoms with Crippen LogP contribution in [0, 0.1) is 5.92 Å². The van der Waals surface area contributed by atoms with Gasteiger partial charge in [-0.3, -0.25) is 9.59 Å². The molecule has 0 aliphatic rings. The van der Waals surface area contributed by atoms with E-state index >= 15 is 0 Å². The maximum atomic E-state index is 12.7. The van der Waals surface area contributed by atoms with E-state index in [1.807, 2.05) is 13.8 Å². The van der Waals surface area contributed by atoms with E-state index in [0.717, 1.165) is 5.56 Å². The fourth-order valence-corrected chi connectivity index (χ4v) is 3.92. The molecule has 2 aromatic carbocycles. The number of hydrogen-bond donors (Lipinski definition) is 3. The topological polar surface area (TPSA) is 118 Å². The quantitative estimate of drug-likeness (QED) is 0.505. The van der Waals surface area contributed by atoms with Crippen LogP contribution in [0.5, 0.6) is 0 Å². The first-order valence-corrected chi connectivity index (χ1v) is 11.9. The summed E-state index contributed by atoms with van der Waals surface area (Å²) in [7, 11) is -3.74. The number of primary sulfonamides is 1. The molecule has 31 heavy (non-hydrogen) atoms. The predicted molar refractivity (Wildman–Crippen MR) is 122 cm³/mol. The van der Waals surface area contributed by atoms with Gasteiger partial charge in [-0.25, -0.2) is 13.6 Å². The van der Waals surface area contributed by atoms with Crippen molar-refractivity contribution < 1.29 is 18.0 Å². The molecule has 0 fully saturated rings. The lowest BCUT2D eigenvalue weighted by atomic mass is 10.0. The molecular formula is C21H25Cl2N3O4S. The van der Waals surface area contributed by atoms with Crippen molar-refractivity contribution in [3.05, 3.63) is 63.6 Å². The van der Waals surface area contributed by atoms with Crippen LogP contribution in [0.4, 0.5) is 0 Å². The molecule has 10 heteroatoms. The lowest BCUT2D eigenvalue weighted by Crippen LogP contribution is -2.47. The second kappa shape index (κ2) is 10.9. The lowest BCUT2D eigenvalue weighted by Gasteiger charge is -2.20. The van der Waals surface area contributed by atoms with Gasteiger partial charge in [-0.1, -0.05) is 49.2 Å². The Morgan fingerprint density at radius 2 is 1.71 bits per heavy atom. The molecule has 0 heterocycles. The first-order chi connectivity index (χ1) is 14.5. The Morgan fingerprint density at radius 3 is 2.26 bits per heavy atom. The van der Waals surface area contributed by atoms with Crippen LogP contribution in [0.15, 0.2) is 47.4 Å². The second-order valence-electron chi connectivity index (χ2n) is 7.51. The third kappa shape index (κ3) is 7.81. The van der Waals surface area contributed by atoms with Crippen molar-refractivity contribution >= 4 is 45.0 Å². The Hall–Kier alpha value is -2.13. The van der Waals surface area contributed by atoms with Crippen molar-refractivity contribution in [2.75, 3.05) is 6.54 Å². The summed E-state index contributed by atoms with van der Waals surface area (Å²) in [5.74, 6) is -0.600. The molecule has 168 valence electrons. The highest BCUT2D eigenvalue weighted by Gasteiger charge is 2.23. The Kier molecular flexibility index (Phi) is 8.88. The number of hydrogen-bond acceptors (Lipinski definition) is 4. The first-order valence-electron chi connectivity index (χ1n) is 9.62. The average Bonchev–Trinajstić information content (AvgIpc) is 2.66. The zero-order valence-corrected chi connectivity index (χ0v) is 19.5. The maximum Gasteiger partial charge on any atom is 0.253 e. The van der Waals surface area contributed by atoms with Gasteiger partial charge < -0.3 is 10.6 Å². The van der Waals surface area contributed by atoms with Crippen molar-refractivity contribution in [3.63, 3.8) is 0 Å². The number of nitrogens with two attached hydrogens (primary N) is 1. The number of rotatable bonds is 9. The van der Waals surface area contributed by atoms with E-state index < -0.39 is 22.0 Å². The Labute approximate surface area is 192 Å². The van der Waals surface area contributed by atoms with Crippen LogP contribution in [0.25, 0.3) is 0 Å². The molecule has 1 atom stereocenters. The van der Waals surface area contributed by atoms with Gasteiger partial charge in [0.2, 0.25) is 15.9 Å². The van der Waals surface area contributed by atoms with E-state index in [-0.39, 0.29) is 27.3 Å². The zero-order chi connectivity index (χ0) is 23.2. The van der Waals surface area contributed by atoms with E-state index in [2.05, 4.69) is 10.6 Å². The Balaban J connectivity index is 1.98. The summed E-state index contributed by atoms with van der Waals surface area (Å²) < 4.78 is 22.6. The number of sulfonamides is 1. The van der Waals surface area contributed by atoms with Crippen LogP contribution >= 0.6 is 23.2 Å². The summed E-state index contributed by atoms with van der Waals surface area (Å²) in [6.45, 7) is 4.23. The number of carbonyl (C=O) groups excluding carboxylic acids is 2. The number of halogens is 2. The smallest absolute Gasteiger partial charge is 0.253 e. The van der Waals surface area contributed by atoms with Gasteiger partial charge in [-0.15, -0.1) is 0 Å². The minimum Gasteiger partial charge on any atom is -0.354 e. The SMILES string of the molecule is CC(C)CC(NC(=O)c1ccc(Cl)cc1Cl)C(=O)NCCc1ccc(S(N)(=O)=O)cc1. The fourth-order valence-electron chi connectivity index (χ4n) is 2.91. The summed E-state index contributed by atoms with van der Waals surface area (Å²) in [6, 6.07) is 9.93. The normalized spacial score (nSPS) is 12.5. The molecule has 2 amide bonds. The Bertz CT molecular complexity index is 1040. The molecule has 0 saturated heterocycles. The third-order valence-corrected chi connectivity index (χ3v) is 5.95. The molecule has 2 rings (SSSR count). The molecule has 1 unspecified atom stereocenters. The molecule has 0 aliphatic heterocycles. The third-order valence-electron chi connectivity index (χ3n) is 4.47. The van der Waals surface area contributed by atoms with Crippen molar-refractivity contribution in [3.8, 4) is 0 Å². The van der Waals surface area contributed by atoms with Gasteiger partial charge in [0.25, 0.3) is 5.91 Å². The van der Waals surface area contributed by atoms with Crippen LogP contribution in [0.1, 0.15) is 36.2 Å². The number of carbonyl (C=O) groups is 2. The average molecular weight is 486 g/mol. The van der Waals surface area contributed by atoms with Gasteiger partial charge in [0.15, 0.2) is 0 Å². The van der Waals surface area contributed by atoms with E-state index in [1.54, 1.807) is 18.2 Å². The van der Waals surface area contributed by atoms with Crippen molar-refractivity contribution in [2.24, 2.45) is 11.1 Å². The van der Waals surface area contributed by atoms with Crippen molar-refractivity contribution in [2.45, 2.75) is 37.6 Å². The second-order valence-corrected chi connectivity index (χ2v) is 9.91. The standard InChI is InChI=1S/C21H25Cl2N3O4S/c1-13(2)11-19(26-20(27)17-8-5-15(22)12-18(17)23)21(28)25-10-9-14-3-6-16(7-4-14)31(24,29)30/h3-8,12-13,19H,9-11H2,1-2H3,(H,25,28)(H,26,27)(H2,24,29,30). The van der Waals surface area contributed by atoms with Crippen LogP contribution < -0.4 is 15.8 Å². The van der Waals surface area contributed by atoms with Gasteiger partial charge in [-0.05, 0) is 54.7 Å². The number of benzene rings is 2. The van der Waals surface area contributed by atoms with Gasteiger partial charge in [0.05, 0.1) is 15.5 Å². The molecule has 0 aromatic heterocycles. The molecule has 0 spiro atoms. The van der Waals surface area contributed by atoms with Crippen molar-refractivity contribution in [1.82, 2.24) is 10.6 Å². The van der Waals surface area contributed by atoms with Gasteiger partial charge >= 0.3 is 0 Å². The predicted octanol–water partition coefficient (Wildman–Crippen LogP) is 3.14. The van der Waals surface area contributed by atoms with Gasteiger partial charge in [0, 0.05) is 11.6 Å². The molecule has 0 aliphatic carbocycles. The monoisotopic (exact) mass is 485 g/mol. The highest BCUT2D eigenvalue weighted by molar-refractivity contribution is 7.89. The highest BCUT2D eigenvalue weighted by atomic mass is 35.5. The molecule has 7 nitrogen and oxygen atoms in total. The summed E-state index contributed by atoms with van der Waals surface area (Å²) in [5.41, 5.74) is 1.08. The van der Waals surface area contributed by atoms with Crippen LogP contribution in [-0.4, -0.2) is 32.8 Å². The lowest BCUT2D eigenvalue weighted by molar-refractivity contribution is -0.123. The molecule has 0 saturated carbocycles. The zero-order valence-electron chi connectivity index (χ0n) is 17.2. The van der Waals surface area contributed by atoms with Gasteiger partial charge in [-0.2, -0.15) is 0 Å². The van der Waals surface area contributed by atoms with Gasteiger partial charge in [0.1, 0.15) is 6.04 Å². The van der Waals surface area contributed by atoms with E-state index in [0.29, 0.717) is 24.4 Å². The summed E-state index contributed by atoms with van der Waals surface area (Å²) in [6.07, 6.45) is 0.938. The molecule has 4 N–H and O–H groups in total. The van der Waals surface area contributed by atoms with Crippen molar-refractivity contribution in [1.29, 1.82) is 0 Å². The van der Waals surface area contributed by atoms with Crippen LogP contribution in [-0.2, 0) is 21.2 Å². The highest BCUT2D eigenvalue weighted by Crippen LogP contribution is 2.21. The minimum absolute atomic E-state index is 0.0286. The number of amides is 2. The molecule has 2 aromatic rings. The molecule has 0 bridgehead atoms. The van der Waals surface area contributed by atoms with Crippen LogP contribution in [0.3, 0.4) is 0 Å². The largest absolute Gasteiger partial charge is 0.354 e. The molecular weight excluding hydrogens is 461 g/mol. The first kappa shape index (κ1) is 25.1. The molecule has 0 radical (unpaired) electrons. The fraction of sp³-hybridized carbons (Fsp3) is 0.333. The van der Waals surface area contributed by atoms with Crippen LogP contribution in [0.2, 0.25) is 10.0 Å². The summed E-state index contributed by atoms with van der Waals surface area (Å²) >= 11 is 12.0. The number of nitrogens with one attached hydrogen (secondary N) is 2. The van der Waals surface area contributed by atoms with E-state index in [4.69, 9.17) is 28.3 Å².